The molecule has 6 aliphatic rings. The summed E-state index contributed by atoms with van der Waals surface area (Å²) in [6.07, 6.45) is 33.8. The molecule has 0 saturated heterocycles. The maximum Gasteiger partial charge on any atom is 0.0543 e. The Kier molecular flexibility index (Phi) is 5.92. The van der Waals surface area contributed by atoms with E-state index in [1.54, 1.807) is 22.4 Å². The zero-order valence-electron chi connectivity index (χ0n) is 19.9. The molecule has 0 radical (unpaired) electrons. The second-order valence-electron chi connectivity index (χ2n) is 11.4. The molecule has 2 nitrogen and oxygen atoms in total. The van der Waals surface area contributed by atoms with Gasteiger partial charge < -0.3 is 10.6 Å². The SMILES string of the molecule is NC1C=CC(C2C=C3C4=C(CCCC4)N(C4CC=CCC4)C3CC2)=CC1C1CCCCC1. The number of allylic oxidation sites excluding steroid dienone is 5. The van der Waals surface area contributed by atoms with E-state index >= 15 is 0 Å². The quantitative estimate of drug-likeness (QED) is 0.490. The molecule has 1 heterocycles. The van der Waals surface area contributed by atoms with Gasteiger partial charge in [-0.25, -0.2) is 0 Å². The third-order valence-corrected chi connectivity index (χ3v) is 9.52. The van der Waals surface area contributed by atoms with Crippen LogP contribution in [0, 0.1) is 17.8 Å². The lowest BCUT2D eigenvalue weighted by atomic mass is 9.72. The van der Waals surface area contributed by atoms with Gasteiger partial charge in [-0.1, -0.05) is 55.7 Å². The Bertz CT molecular complexity index is 865. The van der Waals surface area contributed by atoms with Crippen molar-refractivity contribution in [3.8, 4) is 0 Å². The lowest BCUT2D eigenvalue weighted by Crippen LogP contribution is -2.41. The normalized spacial score (nSPS) is 37.8. The van der Waals surface area contributed by atoms with Crippen molar-refractivity contribution in [3.05, 3.63) is 58.9 Å². The fourth-order valence-electron chi connectivity index (χ4n) is 7.89. The first-order valence-electron chi connectivity index (χ1n) is 13.8. The predicted octanol–water partition coefficient (Wildman–Crippen LogP) is 6.96. The van der Waals surface area contributed by atoms with E-state index < -0.39 is 0 Å². The molecule has 32 heavy (non-hydrogen) atoms. The molecule has 1 aliphatic heterocycles. The van der Waals surface area contributed by atoms with Crippen LogP contribution in [-0.4, -0.2) is 23.0 Å². The maximum atomic E-state index is 6.61. The van der Waals surface area contributed by atoms with Gasteiger partial charge in [-0.05, 0) is 99.2 Å². The van der Waals surface area contributed by atoms with Gasteiger partial charge in [-0.3, -0.25) is 0 Å². The Morgan fingerprint density at radius 1 is 0.844 bits per heavy atom. The molecule has 1 fully saturated rings. The largest absolute Gasteiger partial charge is 0.364 e. The molecule has 6 rings (SSSR count). The van der Waals surface area contributed by atoms with E-state index in [4.69, 9.17) is 5.73 Å². The second-order valence-corrected chi connectivity index (χ2v) is 11.4. The molecular formula is C30H42N2. The van der Waals surface area contributed by atoms with Gasteiger partial charge >= 0.3 is 0 Å². The van der Waals surface area contributed by atoms with Crippen LogP contribution in [0.25, 0.3) is 0 Å². The van der Waals surface area contributed by atoms with Crippen LogP contribution < -0.4 is 5.73 Å². The van der Waals surface area contributed by atoms with Crippen molar-refractivity contribution in [1.82, 2.24) is 4.90 Å². The van der Waals surface area contributed by atoms with Gasteiger partial charge in [0.2, 0.25) is 0 Å². The van der Waals surface area contributed by atoms with E-state index in [0.29, 0.717) is 17.9 Å². The summed E-state index contributed by atoms with van der Waals surface area (Å²) in [5, 5.41) is 0. The number of nitrogens with zero attached hydrogens (tertiary/aromatic N) is 1. The molecule has 0 amide bonds. The Hall–Kier alpha value is -1.54. The molecule has 1 saturated carbocycles. The van der Waals surface area contributed by atoms with Crippen molar-refractivity contribution in [2.75, 3.05) is 0 Å². The van der Waals surface area contributed by atoms with Gasteiger partial charge in [0.15, 0.2) is 0 Å². The molecule has 5 unspecified atom stereocenters. The Labute approximate surface area is 195 Å². The number of fused-ring (bicyclic) bond motifs is 2. The number of rotatable bonds is 3. The van der Waals surface area contributed by atoms with Gasteiger partial charge in [-0.2, -0.15) is 0 Å². The Morgan fingerprint density at radius 3 is 2.56 bits per heavy atom. The minimum Gasteiger partial charge on any atom is -0.364 e. The topological polar surface area (TPSA) is 29.3 Å². The highest BCUT2D eigenvalue weighted by molar-refractivity contribution is 5.50. The van der Waals surface area contributed by atoms with Crippen molar-refractivity contribution in [1.29, 1.82) is 0 Å². The summed E-state index contributed by atoms with van der Waals surface area (Å²) in [6, 6.07) is 1.62. The van der Waals surface area contributed by atoms with Crippen molar-refractivity contribution in [2.24, 2.45) is 23.5 Å². The summed E-state index contributed by atoms with van der Waals surface area (Å²) < 4.78 is 0. The van der Waals surface area contributed by atoms with Crippen LogP contribution in [0.1, 0.15) is 89.9 Å². The molecule has 2 heteroatoms. The Balaban J connectivity index is 1.28. The fourth-order valence-corrected chi connectivity index (χ4v) is 7.89. The molecule has 0 aromatic heterocycles. The van der Waals surface area contributed by atoms with E-state index in [-0.39, 0.29) is 6.04 Å². The van der Waals surface area contributed by atoms with E-state index in [1.807, 2.05) is 0 Å². The first-order valence-corrected chi connectivity index (χ1v) is 13.8. The summed E-state index contributed by atoms with van der Waals surface area (Å²) >= 11 is 0. The van der Waals surface area contributed by atoms with Crippen molar-refractivity contribution in [3.63, 3.8) is 0 Å². The molecule has 0 bridgehead atoms. The predicted molar refractivity (Wildman–Crippen MR) is 134 cm³/mol. The van der Waals surface area contributed by atoms with Gasteiger partial charge in [0.05, 0.1) is 6.04 Å². The van der Waals surface area contributed by atoms with Crippen LogP contribution in [0.2, 0.25) is 0 Å². The fraction of sp³-hybridized carbons (Fsp3) is 0.667. The van der Waals surface area contributed by atoms with E-state index in [1.165, 1.54) is 89.9 Å². The molecule has 5 aliphatic carbocycles. The molecule has 0 spiro atoms. The summed E-state index contributed by atoms with van der Waals surface area (Å²) in [6.45, 7) is 0. The van der Waals surface area contributed by atoms with Crippen LogP contribution in [0.5, 0.6) is 0 Å². The second kappa shape index (κ2) is 9.01. The lowest BCUT2D eigenvalue weighted by Gasteiger charge is -2.41. The summed E-state index contributed by atoms with van der Waals surface area (Å²) in [5.41, 5.74) is 13.4. The minimum absolute atomic E-state index is 0.222. The average Bonchev–Trinajstić information content (AvgIpc) is 3.19. The molecule has 2 N–H and O–H groups in total. The van der Waals surface area contributed by atoms with E-state index in [9.17, 15) is 0 Å². The van der Waals surface area contributed by atoms with Gasteiger partial charge in [-0.15, -0.1) is 0 Å². The highest BCUT2D eigenvalue weighted by Crippen LogP contribution is 2.49. The number of hydrogen-bond acceptors (Lipinski definition) is 2. The van der Waals surface area contributed by atoms with Crippen molar-refractivity contribution < 1.29 is 0 Å². The maximum absolute atomic E-state index is 6.61. The zero-order valence-corrected chi connectivity index (χ0v) is 19.9. The standard InChI is InChI=1S/C30H42N2/c31-28-17-15-22(19-26(28)21-9-3-1-4-10-21)23-16-18-30-27(20-23)25-13-7-8-14-29(25)32(30)24-11-5-2-6-12-24/h2,5,15,17,19-21,23-24,26,28,30H,1,3-4,6-14,16,18,31H2. The number of hydrogen-bond donors (Lipinski definition) is 1. The number of nitrogens with two attached hydrogens (primary N) is 1. The molecule has 0 aromatic carbocycles. The van der Waals surface area contributed by atoms with Crippen LogP contribution in [0.3, 0.4) is 0 Å². The zero-order chi connectivity index (χ0) is 21.5. The van der Waals surface area contributed by atoms with Crippen LogP contribution >= 0.6 is 0 Å². The smallest absolute Gasteiger partial charge is 0.0543 e. The minimum atomic E-state index is 0.222. The molecule has 172 valence electrons. The monoisotopic (exact) mass is 430 g/mol. The van der Waals surface area contributed by atoms with E-state index in [2.05, 4.69) is 41.4 Å². The van der Waals surface area contributed by atoms with Crippen molar-refractivity contribution in [2.45, 2.75) is 108 Å². The van der Waals surface area contributed by atoms with Crippen LogP contribution in [-0.2, 0) is 0 Å². The third-order valence-electron chi connectivity index (χ3n) is 9.52. The highest BCUT2D eigenvalue weighted by atomic mass is 15.2. The average molecular weight is 431 g/mol. The summed E-state index contributed by atoms with van der Waals surface area (Å²) in [5.74, 6) is 1.96. The first-order chi connectivity index (χ1) is 15.8. The summed E-state index contributed by atoms with van der Waals surface area (Å²) in [7, 11) is 0. The Morgan fingerprint density at radius 2 is 1.72 bits per heavy atom. The third kappa shape index (κ3) is 3.77. The van der Waals surface area contributed by atoms with E-state index in [0.717, 1.165) is 12.0 Å². The lowest BCUT2D eigenvalue weighted by molar-refractivity contribution is 0.184. The highest BCUT2D eigenvalue weighted by Gasteiger charge is 2.42. The molecule has 0 aromatic rings. The molecular weight excluding hydrogens is 388 g/mol. The first kappa shape index (κ1) is 21.0. The van der Waals surface area contributed by atoms with Crippen molar-refractivity contribution >= 4 is 0 Å². The summed E-state index contributed by atoms with van der Waals surface area (Å²) in [4.78, 5) is 2.92. The van der Waals surface area contributed by atoms with Crippen LogP contribution in [0.15, 0.2) is 58.9 Å². The molecule has 5 atom stereocenters. The van der Waals surface area contributed by atoms with Gasteiger partial charge in [0, 0.05) is 23.7 Å². The van der Waals surface area contributed by atoms with Crippen LogP contribution in [0.4, 0.5) is 0 Å². The van der Waals surface area contributed by atoms with Gasteiger partial charge in [0.1, 0.15) is 0 Å². The van der Waals surface area contributed by atoms with Gasteiger partial charge in [0.25, 0.3) is 0 Å².